The number of pyridine rings is 2. The van der Waals surface area contributed by atoms with Crippen LogP contribution in [-0.4, -0.2) is 58.5 Å². The van der Waals surface area contributed by atoms with Gasteiger partial charge in [-0.3, -0.25) is 19.7 Å². The Labute approximate surface area is 155 Å². The maximum atomic E-state index is 12.4. The van der Waals surface area contributed by atoms with Gasteiger partial charge in [0.2, 0.25) is 0 Å². The SMILES string of the molecule is Cc1ncc(-c2cc3cc(CC(=O)CN4CCOCC4)ncc3cn2)s1. The number of ketones is 1. The third-order valence-corrected chi connectivity index (χ3v) is 5.35. The fourth-order valence-corrected chi connectivity index (χ4v) is 3.81. The largest absolute Gasteiger partial charge is 0.379 e. The van der Waals surface area contributed by atoms with Crippen LogP contribution < -0.4 is 0 Å². The Bertz CT molecular complexity index is 934. The van der Waals surface area contributed by atoms with Crippen molar-refractivity contribution in [3.63, 3.8) is 0 Å². The number of aromatic nitrogens is 3. The molecule has 7 heteroatoms. The van der Waals surface area contributed by atoms with Gasteiger partial charge in [0.25, 0.3) is 0 Å². The molecule has 4 rings (SSSR count). The highest BCUT2D eigenvalue weighted by Crippen LogP contribution is 2.26. The van der Waals surface area contributed by atoms with E-state index < -0.39 is 0 Å². The van der Waals surface area contributed by atoms with Gasteiger partial charge in [0.05, 0.1) is 41.8 Å². The maximum Gasteiger partial charge on any atom is 0.152 e. The van der Waals surface area contributed by atoms with E-state index in [-0.39, 0.29) is 5.78 Å². The zero-order valence-corrected chi connectivity index (χ0v) is 15.5. The van der Waals surface area contributed by atoms with Gasteiger partial charge >= 0.3 is 0 Å². The first kappa shape index (κ1) is 17.2. The summed E-state index contributed by atoms with van der Waals surface area (Å²) in [5, 5.41) is 3.04. The van der Waals surface area contributed by atoms with Gasteiger partial charge in [0.15, 0.2) is 5.78 Å². The average molecular weight is 368 g/mol. The smallest absolute Gasteiger partial charge is 0.152 e. The van der Waals surface area contributed by atoms with E-state index in [1.807, 2.05) is 31.5 Å². The third kappa shape index (κ3) is 3.95. The van der Waals surface area contributed by atoms with Crippen LogP contribution in [0.5, 0.6) is 0 Å². The number of rotatable bonds is 5. The number of morpholine rings is 1. The predicted octanol–water partition coefficient (Wildman–Crippen LogP) is 2.51. The first-order chi connectivity index (χ1) is 12.7. The van der Waals surface area contributed by atoms with Crippen molar-refractivity contribution in [1.29, 1.82) is 0 Å². The van der Waals surface area contributed by atoms with E-state index in [4.69, 9.17) is 4.74 Å². The van der Waals surface area contributed by atoms with Gasteiger partial charge in [-0.15, -0.1) is 11.3 Å². The molecule has 0 saturated carbocycles. The minimum atomic E-state index is 0.186. The molecule has 1 fully saturated rings. The lowest BCUT2D eigenvalue weighted by molar-refractivity contribution is -0.120. The van der Waals surface area contributed by atoms with Gasteiger partial charge in [0, 0.05) is 42.8 Å². The lowest BCUT2D eigenvalue weighted by Crippen LogP contribution is -2.39. The lowest BCUT2D eigenvalue weighted by Gasteiger charge is -2.25. The number of Topliss-reactive ketones (excluding diaryl/α,β-unsaturated/α-hetero) is 1. The zero-order chi connectivity index (χ0) is 17.9. The van der Waals surface area contributed by atoms with Gasteiger partial charge < -0.3 is 4.74 Å². The second-order valence-corrected chi connectivity index (χ2v) is 7.67. The molecule has 0 bridgehead atoms. The van der Waals surface area contributed by atoms with Crippen LogP contribution in [0.3, 0.4) is 0 Å². The third-order valence-electron chi connectivity index (χ3n) is 4.42. The van der Waals surface area contributed by atoms with Gasteiger partial charge in [0.1, 0.15) is 0 Å². The molecule has 0 spiro atoms. The van der Waals surface area contributed by atoms with Crippen molar-refractivity contribution in [2.45, 2.75) is 13.3 Å². The summed E-state index contributed by atoms with van der Waals surface area (Å²) in [6, 6.07) is 4.03. The molecular weight excluding hydrogens is 348 g/mol. The quantitative estimate of drug-likeness (QED) is 0.689. The first-order valence-electron chi connectivity index (χ1n) is 8.67. The molecule has 3 aromatic heterocycles. The number of thiazole rings is 1. The van der Waals surface area contributed by atoms with Crippen LogP contribution in [0.2, 0.25) is 0 Å². The second-order valence-electron chi connectivity index (χ2n) is 6.44. The maximum absolute atomic E-state index is 12.4. The highest BCUT2D eigenvalue weighted by Gasteiger charge is 2.15. The molecule has 1 aliphatic rings. The Kier molecular flexibility index (Phi) is 5.01. The van der Waals surface area contributed by atoms with Crippen molar-refractivity contribution in [2.24, 2.45) is 0 Å². The Balaban J connectivity index is 1.51. The van der Waals surface area contributed by atoms with Crippen LogP contribution in [0.15, 0.2) is 30.7 Å². The van der Waals surface area contributed by atoms with Crippen molar-refractivity contribution >= 4 is 27.9 Å². The number of hydrogen-bond acceptors (Lipinski definition) is 7. The Hall–Kier alpha value is -2.22. The van der Waals surface area contributed by atoms with Crippen molar-refractivity contribution in [3.8, 4) is 10.6 Å². The van der Waals surface area contributed by atoms with Crippen molar-refractivity contribution in [2.75, 3.05) is 32.8 Å². The molecule has 1 saturated heterocycles. The van der Waals surface area contributed by atoms with E-state index in [0.29, 0.717) is 26.2 Å². The van der Waals surface area contributed by atoms with Gasteiger partial charge in [-0.05, 0) is 24.4 Å². The van der Waals surface area contributed by atoms with Crippen molar-refractivity contribution in [1.82, 2.24) is 19.9 Å². The summed E-state index contributed by atoms with van der Waals surface area (Å²) in [6.07, 6.45) is 5.82. The average Bonchev–Trinajstić information content (AvgIpc) is 3.08. The van der Waals surface area contributed by atoms with Gasteiger partial charge in [-0.25, -0.2) is 4.98 Å². The van der Waals surface area contributed by atoms with E-state index in [1.54, 1.807) is 17.5 Å². The lowest BCUT2D eigenvalue weighted by atomic mass is 10.1. The van der Waals surface area contributed by atoms with Crippen molar-refractivity contribution < 1.29 is 9.53 Å². The molecule has 0 atom stereocenters. The first-order valence-corrected chi connectivity index (χ1v) is 9.48. The number of nitrogens with zero attached hydrogens (tertiary/aromatic N) is 4. The second kappa shape index (κ2) is 7.57. The summed E-state index contributed by atoms with van der Waals surface area (Å²) >= 11 is 1.62. The fraction of sp³-hybridized carbons (Fsp3) is 0.368. The molecule has 4 heterocycles. The number of carbonyl (C=O) groups is 1. The monoisotopic (exact) mass is 368 g/mol. The molecule has 134 valence electrons. The number of carbonyl (C=O) groups excluding carboxylic acids is 1. The van der Waals surface area contributed by atoms with Crippen LogP contribution in [0.25, 0.3) is 21.3 Å². The van der Waals surface area contributed by atoms with Crippen LogP contribution in [0, 0.1) is 6.92 Å². The molecule has 26 heavy (non-hydrogen) atoms. The molecule has 1 aliphatic heterocycles. The van der Waals surface area contributed by atoms with Gasteiger partial charge in [-0.2, -0.15) is 0 Å². The molecule has 0 unspecified atom stereocenters. The molecular formula is C19H20N4O2S. The van der Waals surface area contributed by atoms with Crippen LogP contribution in [0.4, 0.5) is 0 Å². The zero-order valence-electron chi connectivity index (χ0n) is 14.6. The van der Waals surface area contributed by atoms with E-state index in [1.165, 1.54) is 0 Å². The minimum Gasteiger partial charge on any atom is -0.379 e. The molecule has 0 aliphatic carbocycles. The van der Waals surface area contributed by atoms with E-state index in [2.05, 4.69) is 19.9 Å². The summed E-state index contributed by atoms with van der Waals surface area (Å²) < 4.78 is 5.32. The number of hydrogen-bond donors (Lipinski definition) is 0. The minimum absolute atomic E-state index is 0.186. The number of aryl methyl sites for hydroxylation is 1. The standard InChI is InChI=1S/C19H20N4O2S/c1-13-20-11-19(26-13)18-7-14-6-16(21-9-15(14)10-22-18)8-17(24)12-23-2-4-25-5-3-23/h6-7,9-11H,2-5,8,12H2,1H3. The van der Waals surface area contributed by atoms with Crippen LogP contribution in [-0.2, 0) is 16.0 Å². The number of ether oxygens (including phenoxy) is 1. The summed E-state index contributed by atoms with van der Waals surface area (Å²) in [7, 11) is 0. The van der Waals surface area contributed by atoms with Gasteiger partial charge in [-0.1, -0.05) is 0 Å². The van der Waals surface area contributed by atoms with E-state index >= 15 is 0 Å². The summed E-state index contributed by atoms with van der Waals surface area (Å²) in [5.74, 6) is 0.186. The van der Waals surface area contributed by atoms with E-state index in [0.717, 1.165) is 45.1 Å². The Morgan fingerprint density at radius 1 is 1.12 bits per heavy atom. The topological polar surface area (TPSA) is 68.2 Å². The summed E-state index contributed by atoms with van der Waals surface area (Å²) in [6.45, 7) is 5.49. The Morgan fingerprint density at radius 2 is 1.92 bits per heavy atom. The summed E-state index contributed by atoms with van der Waals surface area (Å²) in [4.78, 5) is 28.8. The van der Waals surface area contributed by atoms with E-state index in [9.17, 15) is 4.79 Å². The molecule has 0 radical (unpaired) electrons. The van der Waals surface area contributed by atoms with Crippen molar-refractivity contribution in [3.05, 3.63) is 41.4 Å². The molecule has 0 N–H and O–H groups in total. The normalized spacial score (nSPS) is 15.4. The highest BCUT2D eigenvalue weighted by molar-refractivity contribution is 7.15. The Morgan fingerprint density at radius 3 is 2.69 bits per heavy atom. The fourth-order valence-electron chi connectivity index (χ4n) is 3.06. The molecule has 0 aromatic carbocycles. The predicted molar refractivity (Wildman–Crippen MR) is 101 cm³/mol. The highest BCUT2D eigenvalue weighted by atomic mass is 32.1. The van der Waals surface area contributed by atoms with Crippen LogP contribution >= 0.6 is 11.3 Å². The van der Waals surface area contributed by atoms with Crippen LogP contribution in [0.1, 0.15) is 10.7 Å². The molecule has 3 aromatic rings. The summed E-state index contributed by atoms with van der Waals surface area (Å²) in [5.41, 5.74) is 1.70. The molecule has 6 nitrogen and oxygen atoms in total. The molecule has 0 amide bonds. The number of fused-ring (bicyclic) bond motifs is 1.